The van der Waals surface area contributed by atoms with Gasteiger partial charge in [-0.15, -0.1) is 0 Å². The van der Waals surface area contributed by atoms with E-state index in [4.69, 9.17) is 4.74 Å². The van der Waals surface area contributed by atoms with Gasteiger partial charge in [0, 0.05) is 23.5 Å². The summed E-state index contributed by atoms with van der Waals surface area (Å²) in [5.41, 5.74) is 1.23. The fraction of sp³-hybridized carbons (Fsp3) is 0.564. The number of benzene rings is 2. The summed E-state index contributed by atoms with van der Waals surface area (Å²) in [5, 5.41) is 10.2. The van der Waals surface area contributed by atoms with E-state index in [0.717, 1.165) is 56.3 Å². The predicted molar refractivity (Wildman–Crippen MR) is 192 cm³/mol. The van der Waals surface area contributed by atoms with Crippen LogP contribution < -0.4 is 16.0 Å². The summed E-state index contributed by atoms with van der Waals surface area (Å²) >= 11 is 0. The Hall–Kier alpha value is -4.26. The third-order valence-corrected chi connectivity index (χ3v) is 10.9. The van der Waals surface area contributed by atoms with E-state index in [1.165, 1.54) is 12.4 Å². The molecule has 2 aromatic carbocycles. The number of hydrogen-bond acceptors (Lipinski definition) is 8. The van der Waals surface area contributed by atoms with Crippen molar-refractivity contribution in [1.82, 2.24) is 25.5 Å². The van der Waals surface area contributed by atoms with Crippen molar-refractivity contribution >= 4 is 34.5 Å². The fourth-order valence-corrected chi connectivity index (χ4v) is 8.03. The molecule has 3 aromatic rings. The maximum Gasteiger partial charge on any atom is 0.416 e. The number of fused-ring (bicyclic) bond motifs is 1. The zero-order valence-electron chi connectivity index (χ0n) is 30.0. The number of nitrogens with one attached hydrogen (secondary N) is 3. The van der Waals surface area contributed by atoms with Crippen LogP contribution in [0.25, 0.3) is 10.9 Å². The van der Waals surface area contributed by atoms with Crippen molar-refractivity contribution in [3.8, 4) is 0 Å². The van der Waals surface area contributed by atoms with Gasteiger partial charge in [-0.25, -0.2) is 9.97 Å². The van der Waals surface area contributed by atoms with Gasteiger partial charge >= 0.3 is 12.1 Å². The van der Waals surface area contributed by atoms with Crippen molar-refractivity contribution in [3.05, 3.63) is 65.5 Å². The van der Waals surface area contributed by atoms with Gasteiger partial charge in [-0.1, -0.05) is 26.0 Å². The number of carbonyl (C=O) groups is 3. The number of halogens is 3. The van der Waals surface area contributed by atoms with Crippen LogP contribution in [0, 0.1) is 11.8 Å². The Balaban J connectivity index is 1.13. The average molecular weight is 723 g/mol. The van der Waals surface area contributed by atoms with Crippen LogP contribution in [0.3, 0.4) is 0 Å². The summed E-state index contributed by atoms with van der Waals surface area (Å²) in [5.74, 6) is 0.439. The molecule has 3 fully saturated rings. The second-order valence-corrected chi connectivity index (χ2v) is 14.9. The minimum atomic E-state index is -4.53. The zero-order chi connectivity index (χ0) is 37.0. The van der Waals surface area contributed by atoms with Crippen molar-refractivity contribution in [3.63, 3.8) is 0 Å². The van der Waals surface area contributed by atoms with Gasteiger partial charge in [-0.2, -0.15) is 13.2 Å². The molecule has 0 bridgehead atoms. The smallest absolute Gasteiger partial charge is 0.416 e. The first-order chi connectivity index (χ1) is 24.9. The first-order valence-corrected chi connectivity index (χ1v) is 18.6. The van der Waals surface area contributed by atoms with E-state index >= 15 is 0 Å². The molecule has 0 radical (unpaired) electrons. The highest BCUT2D eigenvalue weighted by molar-refractivity contribution is 5.95. The molecule has 1 saturated heterocycles. The summed E-state index contributed by atoms with van der Waals surface area (Å²) in [6.07, 6.45) is 2.75. The Labute approximate surface area is 302 Å². The van der Waals surface area contributed by atoms with Gasteiger partial charge in [0.2, 0.25) is 5.91 Å². The molecule has 1 aromatic heterocycles. The lowest BCUT2D eigenvalue weighted by atomic mass is 9.78. The maximum atomic E-state index is 13.9. The third-order valence-electron chi connectivity index (χ3n) is 10.9. The van der Waals surface area contributed by atoms with Crippen molar-refractivity contribution in [2.45, 2.75) is 108 Å². The lowest BCUT2D eigenvalue weighted by molar-refractivity contribution is -0.149. The van der Waals surface area contributed by atoms with E-state index in [-0.39, 0.29) is 53.0 Å². The Morgan fingerprint density at radius 1 is 0.981 bits per heavy atom. The second-order valence-electron chi connectivity index (χ2n) is 14.9. The van der Waals surface area contributed by atoms with Gasteiger partial charge in [0.05, 0.1) is 35.7 Å². The molecule has 3 N–H and O–H groups in total. The van der Waals surface area contributed by atoms with Gasteiger partial charge < -0.3 is 25.6 Å². The monoisotopic (exact) mass is 722 g/mol. The largest absolute Gasteiger partial charge is 0.466 e. The third kappa shape index (κ3) is 8.67. The molecule has 0 spiro atoms. The van der Waals surface area contributed by atoms with E-state index in [2.05, 4.69) is 39.8 Å². The summed E-state index contributed by atoms with van der Waals surface area (Å²) in [6, 6.07) is 9.96. The van der Waals surface area contributed by atoms with Crippen LogP contribution in [0.15, 0.2) is 48.8 Å². The van der Waals surface area contributed by atoms with Crippen molar-refractivity contribution in [2.75, 3.05) is 25.0 Å². The molecule has 6 rings (SSSR count). The number of hydrogen-bond donors (Lipinski definition) is 3. The first kappa shape index (κ1) is 37.5. The molecule has 280 valence electrons. The summed E-state index contributed by atoms with van der Waals surface area (Å²) in [4.78, 5) is 50.0. The second kappa shape index (κ2) is 16.2. The number of aromatic nitrogens is 2. The minimum absolute atomic E-state index is 0.0456. The van der Waals surface area contributed by atoms with E-state index in [1.807, 2.05) is 36.1 Å². The van der Waals surface area contributed by atoms with Crippen molar-refractivity contribution in [2.24, 2.45) is 11.8 Å². The predicted octanol–water partition coefficient (Wildman–Crippen LogP) is 6.46. The number of likely N-dealkylation sites (tertiary alicyclic amines) is 1. The fourth-order valence-electron chi connectivity index (χ4n) is 8.03. The maximum absolute atomic E-state index is 13.9. The Morgan fingerprint density at radius 2 is 1.73 bits per heavy atom. The molecule has 4 atom stereocenters. The molecule has 3 aliphatic rings. The van der Waals surface area contributed by atoms with Crippen LogP contribution >= 0.6 is 0 Å². The standard InChI is InChI=1S/C39H49F3N6O4/c1-4-52-38(51)27-11-7-25(8-12-27)24-5-9-26(10-6-24)36(49)47-33-20-29(43-21-23(2)3)14-16-34(33)48-18-17-32(37(48)50)46-35-30-19-28(39(40,41)42)13-15-31(30)44-22-45-35/h5-6,9-10,13,15,19,22-23,25,27,29,32-34,43H,4,7-8,11-12,14,16-18,20-21H2,1-3H3,(H,47,49)(H,44,45,46)/t25?,27?,29-,32+,33-,34+/m1/s1. The van der Waals surface area contributed by atoms with E-state index in [0.29, 0.717) is 55.3 Å². The normalized spacial score (nSPS) is 25.4. The number of carbonyl (C=O) groups excluding carboxylic acids is 3. The van der Waals surface area contributed by atoms with Crippen molar-refractivity contribution < 1.29 is 32.3 Å². The van der Waals surface area contributed by atoms with E-state index < -0.39 is 17.8 Å². The summed E-state index contributed by atoms with van der Waals surface area (Å²) in [7, 11) is 0. The van der Waals surface area contributed by atoms with Gasteiger partial charge in [0.1, 0.15) is 18.2 Å². The highest BCUT2D eigenvalue weighted by Gasteiger charge is 2.43. The van der Waals surface area contributed by atoms with Crippen LogP contribution in [0.5, 0.6) is 0 Å². The highest BCUT2D eigenvalue weighted by atomic mass is 19.4. The zero-order valence-corrected chi connectivity index (χ0v) is 30.0. The average Bonchev–Trinajstić information content (AvgIpc) is 3.49. The number of anilines is 1. The molecule has 2 amide bonds. The van der Waals surface area contributed by atoms with E-state index in [1.54, 1.807) is 0 Å². The van der Waals surface area contributed by atoms with E-state index in [9.17, 15) is 27.6 Å². The number of ether oxygens (including phenoxy) is 1. The summed E-state index contributed by atoms with van der Waals surface area (Å²) in [6.45, 7) is 7.80. The van der Waals surface area contributed by atoms with Gasteiger partial charge in [-0.05, 0) is 113 Å². The molecular weight excluding hydrogens is 673 g/mol. The van der Waals surface area contributed by atoms with Gasteiger partial charge in [0.25, 0.3) is 5.91 Å². The molecule has 2 aliphatic carbocycles. The molecular formula is C39H49F3N6O4. The molecule has 13 heteroatoms. The number of amides is 2. The van der Waals surface area contributed by atoms with Crippen LogP contribution in [0.4, 0.5) is 19.0 Å². The Bertz CT molecular complexity index is 1730. The first-order valence-electron chi connectivity index (χ1n) is 18.6. The van der Waals surface area contributed by atoms with Crippen molar-refractivity contribution in [1.29, 1.82) is 0 Å². The summed E-state index contributed by atoms with van der Waals surface area (Å²) < 4.78 is 45.7. The SMILES string of the molecule is CCOC(=O)C1CCC(c2ccc(C(=O)N[C@@H]3C[C@H](NCC(C)C)CC[C@@H]3N3CC[C@H](Nc4ncnc5ccc(C(F)(F)F)cc45)C3=O)cc2)CC1. The van der Waals surface area contributed by atoms with Gasteiger partial charge in [-0.3, -0.25) is 14.4 Å². The van der Waals surface area contributed by atoms with Crippen LogP contribution in [0.2, 0.25) is 0 Å². The quantitative estimate of drug-likeness (QED) is 0.193. The van der Waals surface area contributed by atoms with Gasteiger partial charge in [0.15, 0.2) is 0 Å². The molecule has 10 nitrogen and oxygen atoms in total. The number of alkyl halides is 3. The Kier molecular flexibility index (Phi) is 11.7. The molecule has 52 heavy (non-hydrogen) atoms. The molecule has 0 unspecified atom stereocenters. The lowest BCUT2D eigenvalue weighted by Crippen LogP contribution is -2.58. The topological polar surface area (TPSA) is 126 Å². The number of nitrogens with zero attached hydrogens (tertiary/aromatic N) is 3. The number of esters is 1. The molecule has 1 aliphatic heterocycles. The molecule has 2 saturated carbocycles. The van der Waals surface area contributed by atoms with Crippen LogP contribution in [-0.4, -0.2) is 76.5 Å². The molecule has 2 heterocycles. The van der Waals surface area contributed by atoms with Crippen LogP contribution in [0.1, 0.15) is 99.5 Å². The lowest BCUT2D eigenvalue weighted by Gasteiger charge is -2.42. The number of rotatable bonds is 11. The van der Waals surface area contributed by atoms with Crippen LogP contribution in [-0.2, 0) is 20.5 Å². The highest BCUT2D eigenvalue weighted by Crippen LogP contribution is 2.37. The minimum Gasteiger partial charge on any atom is -0.466 e. The Morgan fingerprint density at radius 3 is 2.42 bits per heavy atom.